The third-order valence-corrected chi connectivity index (χ3v) is 5.05. The molecule has 0 saturated heterocycles. The molecule has 0 amide bonds. The predicted molar refractivity (Wildman–Crippen MR) is 84.4 cm³/mol. The Kier molecular flexibility index (Phi) is 6.23. The van der Waals surface area contributed by atoms with Crippen LogP contribution < -0.4 is 14.7 Å². The van der Waals surface area contributed by atoms with Crippen LogP contribution in [0.3, 0.4) is 0 Å². The molecule has 0 spiro atoms. The van der Waals surface area contributed by atoms with Gasteiger partial charge in [-0.25, -0.2) is 0 Å². The molecule has 6 heteroatoms. The number of ether oxygens (including phenoxy) is 3. The van der Waals surface area contributed by atoms with Gasteiger partial charge in [-0.15, -0.1) is 0 Å². The van der Waals surface area contributed by atoms with Crippen molar-refractivity contribution in [2.45, 2.75) is 33.0 Å². The highest BCUT2D eigenvalue weighted by Gasteiger charge is 2.28. The Bertz CT molecular complexity index is 494. The first-order chi connectivity index (χ1) is 9.81. The molecular weight excluding hydrogens is 288 g/mol. The number of methoxy groups -OCH3 is 1. The van der Waals surface area contributed by atoms with Crippen molar-refractivity contribution >= 4 is 19.2 Å². The van der Waals surface area contributed by atoms with Crippen molar-refractivity contribution < 1.29 is 24.1 Å². The molecule has 0 radical (unpaired) electrons. The Morgan fingerprint density at radius 1 is 1.29 bits per heavy atom. The first kappa shape index (κ1) is 17.5. The number of benzene rings is 1. The highest BCUT2D eigenvalue weighted by Crippen LogP contribution is 2.29. The van der Waals surface area contributed by atoms with E-state index >= 15 is 0 Å². The van der Waals surface area contributed by atoms with Gasteiger partial charge >= 0.3 is 5.97 Å². The molecule has 0 saturated carbocycles. The standard InChI is InChI=1S/C15H24O5Si/c1-6-19-10-20-12-8-7-11(9-13(16)17)15(14(12)18-2)21(3,4)5/h7-8H,6,9-10H2,1-5H3,(H,16,17). The minimum Gasteiger partial charge on any atom is -0.493 e. The van der Waals surface area contributed by atoms with Crippen LogP contribution in [-0.4, -0.2) is 39.7 Å². The van der Waals surface area contributed by atoms with Crippen molar-refractivity contribution in [2.75, 3.05) is 20.5 Å². The zero-order valence-electron chi connectivity index (χ0n) is 13.4. The normalized spacial score (nSPS) is 11.3. The van der Waals surface area contributed by atoms with Gasteiger partial charge in [0.1, 0.15) is 0 Å². The zero-order chi connectivity index (χ0) is 16.0. The van der Waals surface area contributed by atoms with Crippen molar-refractivity contribution in [1.82, 2.24) is 0 Å². The average Bonchev–Trinajstić information content (AvgIpc) is 2.37. The molecule has 0 aliphatic carbocycles. The van der Waals surface area contributed by atoms with E-state index in [-0.39, 0.29) is 13.2 Å². The topological polar surface area (TPSA) is 65.0 Å². The van der Waals surface area contributed by atoms with Crippen LogP contribution in [0, 0.1) is 0 Å². The summed E-state index contributed by atoms with van der Waals surface area (Å²) in [6.45, 7) is 9.08. The number of aliphatic carboxylic acids is 1. The molecule has 0 heterocycles. The van der Waals surface area contributed by atoms with E-state index in [9.17, 15) is 4.79 Å². The maximum absolute atomic E-state index is 11.1. The summed E-state index contributed by atoms with van der Waals surface area (Å²) in [7, 11) is -0.218. The van der Waals surface area contributed by atoms with E-state index in [1.807, 2.05) is 13.0 Å². The van der Waals surface area contributed by atoms with Gasteiger partial charge in [0.25, 0.3) is 0 Å². The van der Waals surface area contributed by atoms with Gasteiger partial charge in [0, 0.05) is 6.61 Å². The number of rotatable bonds is 8. The second kappa shape index (κ2) is 7.47. The quantitative estimate of drug-likeness (QED) is 0.453. The Hall–Kier alpha value is -1.53. The van der Waals surface area contributed by atoms with E-state index in [0.29, 0.717) is 18.1 Å². The molecule has 118 valence electrons. The summed E-state index contributed by atoms with van der Waals surface area (Å²) in [6, 6.07) is 3.56. The summed E-state index contributed by atoms with van der Waals surface area (Å²) in [5.41, 5.74) is 0.794. The van der Waals surface area contributed by atoms with Crippen molar-refractivity contribution in [2.24, 2.45) is 0 Å². The molecule has 0 atom stereocenters. The molecule has 5 nitrogen and oxygen atoms in total. The zero-order valence-corrected chi connectivity index (χ0v) is 14.4. The largest absolute Gasteiger partial charge is 0.493 e. The van der Waals surface area contributed by atoms with Gasteiger partial charge in [0.05, 0.1) is 21.6 Å². The molecular formula is C15H24O5Si. The third kappa shape index (κ3) is 4.75. The van der Waals surface area contributed by atoms with E-state index in [1.54, 1.807) is 13.2 Å². The molecule has 1 rings (SSSR count). The number of carboxylic acid groups (broad SMARTS) is 1. The number of hydrogen-bond donors (Lipinski definition) is 1. The van der Waals surface area contributed by atoms with Crippen LogP contribution in [0.15, 0.2) is 12.1 Å². The molecule has 0 aliphatic rings. The fourth-order valence-corrected chi connectivity index (χ4v) is 4.28. The summed E-state index contributed by atoms with van der Waals surface area (Å²) < 4.78 is 16.3. The first-order valence-electron chi connectivity index (χ1n) is 6.94. The fraction of sp³-hybridized carbons (Fsp3) is 0.533. The van der Waals surface area contributed by atoms with Crippen LogP contribution >= 0.6 is 0 Å². The average molecular weight is 312 g/mol. The summed E-state index contributed by atoms with van der Waals surface area (Å²) in [6.07, 6.45) is -0.0122. The second-order valence-corrected chi connectivity index (χ2v) is 10.7. The predicted octanol–water partition coefficient (Wildman–Crippen LogP) is 2.24. The summed E-state index contributed by atoms with van der Waals surface area (Å²) in [5, 5.41) is 10.1. The van der Waals surface area contributed by atoms with E-state index in [4.69, 9.17) is 19.3 Å². The summed E-state index contributed by atoms with van der Waals surface area (Å²) in [4.78, 5) is 11.1. The fourth-order valence-electron chi connectivity index (χ4n) is 2.24. The molecule has 0 unspecified atom stereocenters. The number of carboxylic acids is 1. The number of carbonyl (C=O) groups is 1. The van der Waals surface area contributed by atoms with Crippen LogP contribution in [0.4, 0.5) is 0 Å². The third-order valence-electron chi connectivity index (χ3n) is 3.01. The Morgan fingerprint density at radius 2 is 1.95 bits per heavy atom. The highest BCUT2D eigenvalue weighted by atomic mass is 28.3. The van der Waals surface area contributed by atoms with Crippen LogP contribution in [0.1, 0.15) is 12.5 Å². The van der Waals surface area contributed by atoms with Crippen molar-refractivity contribution in [3.05, 3.63) is 17.7 Å². The van der Waals surface area contributed by atoms with Gasteiger partial charge in [-0.2, -0.15) is 0 Å². The smallest absolute Gasteiger partial charge is 0.307 e. The van der Waals surface area contributed by atoms with Crippen LogP contribution in [0.25, 0.3) is 0 Å². The first-order valence-corrected chi connectivity index (χ1v) is 10.4. The van der Waals surface area contributed by atoms with E-state index in [1.165, 1.54) is 0 Å². The van der Waals surface area contributed by atoms with Gasteiger partial charge in [0.15, 0.2) is 18.3 Å². The van der Waals surface area contributed by atoms with Crippen molar-refractivity contribution in [3.63, 3.8) is 0 Å². The van der Waals surface area contributed by atoms with Gasteiger partial charge < -0.3 is 19.3 Å². The van der Waals surface area contributed by atoms with Crippen molar-refractivity contribution in [1.29, 1.82) is 0 Å². The molecule has 1 N–H and O–H groups in total. The molecule has 21 heavy (non-hydrogen) atoms. The second-order valence-electron chi connectivity index (χ2n) is 5.71. The van der Waals surface area contributed by atoms with Gasteiger partial charge in [-0.1, -0.05) is 25.7 Å². The minimum absolute atomic E-state index is 0.0122. The Labute approximate surface area is 126 Å². The lowest BCUT2D eigenvalue weighted by molar-refractivity contribution is -0.136. The lowest BCUT2D eigenvalue weighted by Crippen LogP contribution is -2.41. The Morgan fingerprint density at radius 3 is 2.43 bits per heavy atom. The lowest BCUT2D eigenvalue weighted by Gasteiger charge is -2.25. The van der Waals surface area contributed by atoms with Crippen molar-refractivity contribution in [3.8, 4) is 11.5 Å². The minimum atomic E-state index is -1.80. The molecule has 1 aromatic carbocycles. The summed E-state index contributed by atoms with van der Waals surface area (Å²) >= 11 is 0. The van der Waals surface area contributed by atoms with E-state index < -0.39 is 14.0 Å². The highest BCUT2D eigenvalue weighted by molar-refractivity contribution is 6.89. The lowest BCUT2D eigenvalue weighted by atomic mass is 10.1. The maximum Gasteiger partial charge on any atom is 0.307 e. The maximum atomic E-state index is 11.1. The molecule has 0 aromatic heterocycles. The van der Waals surface area contributed by atoms with Crippen LogP contribution in [0.2, 0.25) is 19.6 Å². The van der Waals surface area contributed by atoms with E-state index in [0.717, 1.165) is 10.8 Å². The van der Waals surface area contributed by atoms with Crippen LogP contribution in [0.5, 0.6) is 11.5 Å². The summed E-state index contributed by atoms with van der Waals surface area (Å²) in [5.74, 6) is 0.379. The number of hydrogen-bond acceptors (Lipinski definition) is 4. The SMILES string of the molecule is CCOCOc1ccc(CC(=O)O)c([Si](C)(C)C)c1OC. The van der Waals surface area contributed by atoms with Gasteiger partial charge in [-0.05, 0) is 23.7 Å². The van der Waals surface area contributed by atoms with Gasteiger partial charge in [0.2, 0.25) is 0 Å². The van der Waals surface area contributed by atoms with Gasteiger partial charge in [-0.3, -0.25) is 4.79 Å². The van der Waals surface area contributed by atoms with Crippen LogP contribution in [-0.2, 0) is 16.0 Å². The molecule has 1 aromatic rings. The molecule has 0 aliphatic heterocycles. The molecule has 0 fully saturated rings. The monoisotopic (exact) mass is 312 g/mol. The van der Waals surface area contributed by atoms with E-state index in [2.05, 4.69) is 19.6 Å². The molecule has 0 bridgehead atoms. The Balaban J connectivity index is 3.28.